The lowest BCUT2D eigenvalue weighted by Crippen LogP contribution is -2.41. The van der Waals surface area contributed by atoms with Gasteiger partial charge in [0.1, 0.15) is 5.60 Å². The Balaban J connectivity index is 2.60. The maximum atomic E-state index is 12.6. The third-order valence-electron chi connectivity index (χ3n) is 3.35. The second kappa shape index (κ2) is 7.74. The van der Waals surface area contributed by atoms with Crippen LogP contribution in [-0.2, 0) is 9.53 Å². The van der Waals surface area contributed by atoms with Crippen LogP contribution in [0, 0.1) is 5.92 Å². The van der Waals surface area contributed by atoms with Gasteiger partial charge in [-0.1, -0.05) is 6.92 Å². The molecule has 5 nitrogen and oxygen atoms in total. The highest BCUT2D eigenvalue weighted by Gasteiger charge is 2.35. The molecule has 1 fully saturated rings. The Hall–Kier alpha value is -1.40. The molecular formula is C15H26F2N2O3. The second-order valence-corrected chi connectivity index (χ2v) is 6.59. The first kappa shape index (κ1) is 18.6. The van der Waals surface area contributed by atoms with Crippen molar-refractivity contribution >= 4 is 12.0 Å². The third kappa shape index (κ3) is 5.77. The first-order valence-corrected chi connectivity index (χ1v) is 7.69. The van der Waals surface area contributed by atoms with Gasteiger partial charge in [0.25, 0.3) is 6.43 Å². The van der Waals surface area contributed by atoms with Gasteiger partial charge in [-0.05, 0) is 33.6 Å². The highest BCUT2D eigenvalue weighted by atomic mass is 19.3. The van der Waals surface area contributed by atoms with Crippen LogP contribution >= 0.6 is 0 Å². The number of hydrogen-bond donors (Lipinski definition) is 0. The SMILES string of the molecule is CCCN(CC(F)F)C(=O)[C@@H]1CCN(C(=O)OC(C)(C)C)C1. The number of alkyl halides is 2. The van der Waals surface area contributed by atoms with E-state index >= 15 is 0 Å². The number of halogens is 2. The zero-order chi connectivity index (χ0) is 16.9. The fraction of sp³-hybridized carbons (Fsp3) is 0.867. The van der Waals surface area contributed by atoms with Crippen LogP contribution < -0.4 is 0 Å². The topological polar surface area (TPSA) is 49.9 Å². The van der Waals surface area contributed by atoms with E-state index in [0.29, 0.717) is 25.9 Å². The summed E-state index contributed by atoms with van der Waals surface area (Å²) in [5, 5.41) is 0. The van der Waals surface area contributed by atoms with Gasteiger partial charge in [0.15, 0.2) is 0 Å². The Morgan fingerprint density at radius 2 is 2.00 bits per heavy atom. The van der Waals surface area contributed by atoms with E-state index in [4.69, 9.17) is 4.74 Å². The van der Waals surface area contributed by atoms with Crippen LogP contribution in [0.5, 0.6) is 0 Å². The number of carbonyl (C=O) groups excluding carboxylic acids is 2. The number of nitrogens with zero attached hydrogens (tertiary/aromatic N) is 2. The van der Waals surface area contributed by atoms with E-state index in [1.807, 2.05) is 6.92 Å². The number of amides is 2. The van der Waals surface area contributed by atoms with Crippen LogP contribution in [0.2, 0.25) is 0 Å². The number of rotatable bonds is 5. The monoisotopic (exact) mass is 320 g/mol. The van der Waals surface area contributed by atoms with Crippen molar-refractivity contribution in [1.29, 1.82) is 0 Å². The standard InChI is InChI=1S/C15H26F2N2O3/c1-5-7-18(10-12(16)17)13(20)11-6-8-19(9-11)14(21)22-15(2,3)4/h11-12H,5-10H2,1-4H3/t11-/m1/s1. The first-order valence-electron chi connectivity index (χ1n) is 7.69. The molecule has 0 aromatic rings. The lowest BCUT2D eigenvalue weighted by atomic mass is 10.1. The molecule has 0 radical (unpaired) electrons. The summed E-state index contributed by atoms with van der Waals surface area (Å²) in [6, 6.07) is 0. The molecule has 0 aliphatic carbocycles. The van der Waals surface area contributed by atoms with Crippen LogP contribution in [0.15, 0.2) is 0 Å². The lowest BCUT2D eigenvalue weighted by Gasteiger charge is -2.26. The molecule has 1 saturated heterocycles. The minimum Gasteiger partial charge on any atom is -0.444 e. The van der Waals surface area contributed by atoms with Crippen molar-refractivity contribution < 1.29 is 23.1 Å². The van der Waals surface area contributed by atoms with E-state index in [1.165, 1.54) is 9.80 Å². The normalized spacial score (nSPS) is 18.7. The molecule has 1 aliphatic heterocycles. The molecule has 7 heteroatoms. The van der Waals surface area contributed by atoms with E-state index < -0.39 is 30.6 Å². The molecule has 0 aromatic heterocycles. The molecule has 0 saturated carbocycles. The van der Waals surface area contributed by atoms with E-state index in [0.717, 1.165) is 0 Å². The van der Waals surface area contributed by atoms with E-state index in [9.17, 15) is 18.4 Å². The summed E-state index contributed by atoms with van der Waals surface area (Å²) in [5.41, 5.74) is -0.594. The highest BCUT2D eigenvalue weighted by molar-refractivity contribution is 5.80. The molecule has 2 amide bonds. The molecule has 0 aromatic carbocycles. The average molecular weight is 320 g/mol. The predicted octanol–water partition coefficient (Wildman–Crippen LogP) is 2.75. The van der Waals surface area contributed by atoms with E-state index in [2.05, 4.69) is 0 Å². The molecule has 0 bridgehead atoms. The molecule has 1 atom stereocenters. The molecule has 128 valence electrons. The van der Waals surface area contributed by atoms with Gasteiger partial charge in [-0.3, -0.25) is 4.79 Å². The highest BCUT2D eigenvalue weighted by Crippen LogP contribution is 2.22. The largest absolute Gasteiger partial charge is 0.444 e. The summed E-state index contributed by atoms with van der Waals surface area (Å²) in [5.74, 6) is -0.717. The maximum Gasteiger partial charge on any atom is 0.410 e. The van der Waals surface area contributed by atoms with Crippen LogP contribution in [-0.4, -0.2) is 60.0 Å². The van der Waals surface area contributed by atoms with Gasteiger partial charge in [-0.2, -0.15) is 0 Å². The summed E-state index contributed by atoms with van der Waals surface area (Å²) < 4.78 is 30.4. The minimum atomic E-state index is -2.54. The van der Waals surface area contributed by atoms with Gasteiger partial charge in [0, 0.05) is 19.6 Å². The molecule has 1 aliphatic rings. The van der Waals surface area contributed by atoms with E-state index in [-0.39, 0.29) is 12.5 Å². The van der Waals surface area contributed by atoms with Gasteiger partial charge in [-0.15, -0.1) is 0 Å². The number of hydrogen-bond acceptors (Lipinski definition) is 3. The summed E-state index contributed by atoms with van der Waals surface area (Å²) >= 11 is 0. The summed E-state index contributed by atoms with van der Waals surface area (Å²) in [7, 11) is 0. The van der Waals surface area contributed by atoms with Crippen LogP contribution in [0.4, 0.5) is 13.6 Å². The molecular weight excluding hydrogens is 294 g/mol. The molecule has 1 rings (SSSR count). The minimum absolute atomic E-state index is 0.233. The molecule has 1 heterocycles. The predicted molar refractivity (Wildman–Crippen MR) is 78.8 cm³/mol. The summed E-state index contributed by atoms with van der Waals surface area (Å²) in [4.78, 5) is 27.0. The van der Waals surface area contributed by atoms with Gasteiger partial charge in [-0.25, -0.2) is 13.6 Å². The Morgan fingerprint density at radius 1 is 1.36 bits per heavy atom. The number of carbonyl (C=O) groups is 2. The smallest absolute Gasteiger partial charge is 0.410 e. The number of ether oxygens (including phenoxy) is 1. The van der Waals surface area contributed by atoms with Crippen LogP contribution in [0.1, 0.15) is 40.5 Å². The fourth-order valence-electron chi connectivity index (χ4n) is 2.44. The summed E-state index contributed by atoms with van der Waals surface area (Å²) in [6.45, 7) is 7.58. The van der Waals surface area contributed by atoms with Crippen molar-refractivity contribution in [2.24, 2.45) is 5.92 Å². The number of likely N-dealkylation sites (tertiary alicyclic amines) is 1. The van der Waals surface area contributed by atoms with Crippen LogP contribution in [0.25, 0.3) is 0 Å². The van der Waals surface area contributed by atoms with Gasteiger partial charge >= 0.3 is 6.09 Å². The first-order chi connectivity index (χ1) is 10.1. The van der Waals surface area contributed by atoms with Gasteiger partial charge in [0.05, 0.1) is 12.5 Å². The van der Waals surface area contributed by atoms with Crippen molar-refractivity contribution in [3.8, 4) is 0 Å². The van der Waals surface area contributed by atoms with Crippen molar-refractivity contribution in [2.75, 3.05) is 26.2 Å². The zero-order valence-electron chi connectivity index (χ0n) is 13.8. The molecule has 0 unspecified atom stereocenters. The van der Waals surface area contributed by atoms with Crippen molar-refractivity contribution in [3.63, 3.8) is 0 Å². The Kier molecular flexibility index (Phi) is 6.56. The van der Waals surface area contributed by atoms with Crippen LogP contribution in [0.3, 0.4) is 0 Å². The molecule has 22 heavy (non-hydrogen) atoms. The Labute approximate surface area is 130 Å². The summed E-state index contributed by atoms with van der Waals surface area (Å²) in [6.07, 6.45) is -1.89. The van der Waals surface area contributed by atoms with E-state index in [1.54, 1.807) is 20.8 Å². The zero-order valence-corrected chi connectivity index (χ0v) is 13.8. The Bertz CT molecular complexity index is 397. The Morgan fingerprint density at radius 3 is 2.50 bits per heavy atom. The molecule has 0 spiro atoms. The van der Waals surface area contributed by atoms with Crippen molar-refractivity contribution in [3.05, 3.63) is 0 Å². The maximum absolute atomic E-state index is 12.6. The average Bonchev–Trinajstić information content (AvgIpc) is 2.84. The quantitative estimate of drug-likeness (QED) is 0.782. The van der Waals surface area contributed by atoms with Crippen molar-refractivity contribution in [1.82, 2.24) is 9.80 Å². The van der Waals surface area contributed by atoms with Gasteiger partial charge < -0.3 is 14.5 Å². The fourth-order valence-corrected chi connectivity index (χ4v) is 2.44. The lowest BCUT2D eigenvalue weighted by molar-refractivity contribution is -0.137. The van der Waals surface area contributed by atoms with Gasteiger partial charge in [0.2, 0.25) is 5.91 Å². The van der Waals surface area contributed by atoms with Crippen molar-refractivity contribution in [2.45, 2.75) is 52.6 Å². The molecule has 0 N–H and O–H groups in total. The third-order valence-corrected chi connectivity index (χ3v) is 3.35. The second-order valence-electron chi connectivity index (χ2n) is 6.59.